The fourth-order valence-corrected chi connectivity index (χ4v) is 2.97. The van der Waals surface area contributed by atoms with Gasteiger partial charge in [-0.3, -0.25) is 4.79 Å². The first-order chi connectivity index (χ1) is 12.1. The van der Waals surface area contributed by atoms with E-state index < -0.39 is 0 Å². The monoisotopic (exact) mass is 341 g/mol. The van der Waals surface area contributed by atoms with E-state index in [4.69, 9.17) is 14.2 Å². The van der Waals surface area contributed by atoms with Crippen LogP contribution in [0, 0.1) is 6.92 Å². The third-order valence-corrected chi connectivity index (χ3v) is 4.34. The van der Waals surface area contributed by atoms with Gasteiger partial charge in [-0.15, -0.1) is 0 Å². The highest BCUT2D eigenvalue weighted by Crippen LogP contribution is 2.31. The number of hydrogen-bond donors (Lipinski definition) is 1. The number of aryl methyl sites for hydroxylation is 1. The minimum absolute atomic E-state index is 0.0645. The molecule has 0 saturated carbocycles. The molecule has 1 atom stereocenters. The van der Waals surface area contributed by atoms with Crippen LogP contribution in [-0.2, 0) is 0 Å². The van der Waals surface area contributed by atoms with Crippen LogP contribution in [0.2, 0.25) is 0 Å². The Balaban J connectivity index is 1.77. The Morgan fingerprint density at radius 1 is 1.16 bits per heavy atom. The molecule has 0 fully saturated rings. The molecule has 0 saturated heterocycles. The molecule has 2 aromatic rings. The second-order valence-electron chi connectivity index (χ2n) is 6.02. The van der Waals surface area contributed by atoms with Crippen molar-refractivity contribution in [2.24, 2.45) is 0 Å². The van der Waals surface area contributed by atoms with Gasteiger partial charge in [-0.2, -0.15) is 0 Å². The first kappa shape index (κ1) is 17.1. The molecule has 1 N–H and O–H groups in total. The van der Waals surface area contributed by atoms with Gasteiger partial charge in [0.1, 0.15) is 19.0 Å². The van der Waals surface area contributed by atoms with E-state index in [1.165, 1.54) is 0 Å². The van der Waals surface area contributed by atoms with Gasteiger partial charge in [0, 0.05) is 5.56 Å². The van der Waals surface area contributed by atoms with Crippen LogP contribution in [-0.4, -0.2) is 26.2 Å². The summed E-state index contributed by atoms with van der Waals surface area (Å²) in [6.45, 7) is 5.08. The summed E-state index contributed by atoms with van der Waals surface area (Å²) in [6, 6.07) is 11.2. The van der Waals surface area contributed by atoms with Crippen LogP contribution in [0.5, 0.6) is 17.2 Å². The lowest BCUT2D eigenvalue weighted by molar-refractivity contribution is 0.0934. The topological polar surface area (TPSA) is 56.8 Å². The van der Waals surface area contributed by atoms with E-state index in [0.29, 0.717) is 30.3 Å². The predicted octanol–water partition coefficient (Wildman–Crippen LogP) is 3.66. The third-order valence-electron chi connectivity index (χ3n) is 4.34. The molecule has 0 aliphatic carbocycles. The maximum absolute atomic E-state index is 12.6. The maximum atomic E-state index is 12.6. The molecule has 0 bridgehead atoms. The van der Waals surface area contributed by atoms with Gasteiger partial charge in [0.15, 0.2) is 11.5 Å². The molecule has 1 amide bonds. The van der Waals surface area contributed by atoms with Gasteiger partial charge < -0.3 is 19.5 Å². The van der Waals surface area contributed by atoms with Gasteiger partial charge in [0.25, 0.3) is 5.91 Å². The van der Waals surface area contributed by atoms with Crippen molar-refractivity contribution >= 4 is 5.91 Å². The molecule has 1 heterocycles. The molecular formula is C20H23NO4. The zero-order chi connectivity index (χ0) is 17.8. The molecule has 25 heavy (non-hydrogen) atoms. The zero-order valence-electron chi connectivity index (χ0n) is 14.8. The van der Waals surface area contributed by atoms with Crippen LogP contribution in [0.1, 0.15) is 40.9 Å². The minimum Gasteiger partial charge on any atom is -0.496 e. The van der Waals surface area contributed by atoms with Gasteiger partial charge in [-0.05, 0) is 48.7 Å². The van der Waals surface area contributed by atoms with Crippen LogP contribution >= 0.6 is 0 Å². The Morgan fingerprint density at radius 3 is 2.60 bits per heavy atom. The van der Waals surface area contributed by atoms with Crippen LogP contribution < -0.4 is 19.5 Å². The number of hydrogen-bond acceptors (Lipinski definition) is 4. The van der Waals surface area contributed by atoms with Gasteiger partial charge in [0.05, 0.1) is 13.2 Å². The van der Waals surface area contributed by atoms with Crippen molar-refractivity contribution < 1.29 is 19.0 Å². The average Bonchev–Trinajstić information content (AvgIpc) is 2.65. The highest BCUT2D eigenvalue weighted by atomic mass is 16.6. The summed E-state index contributed by atoms with van der Waals surface area (Å²) in [5.74, 6) is 2.02. The summed E-state index contributed by atoms with van der Waals surface area (Å²) in [4.78, 5) is 12.6. The molecule has 1 aliphatic rings. The highest BCUT2D eigenvalue weighted by molar-refractivity contribution is 5.95. The van der Waals surface area contributed by atoms with E-state index in [0.717, 1.165) is 23.3 Å². The number of methoxy groups -OCH3 is 1. The molecule has 2 aromatic carbocycles. The summed E-state index contributed by atoms with van der Waals surface area (Å²) in [7, 11) is 1.66. The quantitative estimate of drug-likeness (QED) is 0.902. The predicted molar refractivity (Wildman–Crippen MR) is 95.7 cm³/mol. The fourth-order valence-electron chi connectivity index (χ4n) is 2.97. The third kappa shape index (κ3) is 3.71. The van der Waals surface area contributed by atoms with Crippen molar-refractivity contribution in [3.8, 4) is 17.2 Å². The highest BCUT2D eigenvalue weighted by Gasteiger charge is 2.18. The zero-order valence-corrected chi connectivity index (χ0v) is 14.8. The molecule has 0 radical (unpaired) electrons. The summed E-state index contributed by atoms with van der Waals surface area (Å²) in [6.07, 6.45) is 0.794. The number of carbonyl (C=O) groups excluding carboxylic acids is 1. The van der Waals surface area contributed by atoms with E-state index in [-0.39, 0.29) is 11.9 Å². The number of amides is 1. The van der Waals surface area contributed by atoms with E-state index in [1.54, 1.807) is 25.3 Å². The number of ether oxygens (including phenoxy) is 3. The van der Waals surface area contributed by atoms with Crippen molar-refractivity contribution in [2.45, 2.75) is 26.3 Å². The van der Waals surface area contributed by atoms with E-state index in [2.05, 4.69) is 11.4 Å². The smallest absolute Gasteiger partial charge is 0.251 e. The van der Waals surface area contributed by atoms with Crippen molar-refractivity contribution in [3.05, 3.63) is 53.1 Å². The fraction of sp³-hybridized carbons (Fsp3) is 0.350. The Morgan fingerprint density at radius 2 is 1.92 bits per heavy atom. The molecule has 5 nitrogen and oxygen atoms in total. The SMILES string of the molecule is CCC(NC(=O)c1ccc2c(c1)OCCO2)c1ccc(OC)c(C)c1. The van der Waals surface area contributed by atoms with Crippen LogP contribution in [0.4, 0.5) is 0 Å². The van der Waals surface area contributed by atoms with Crippen LogP contribution in [0.25, 0.3) is 0 Å². The average molecular weight is 341 g/mol. The Labute approximate surface area is 147 Å². The van der Waals surface area contributed by atoms with Crippen LogP contribution in [0.15, 0.2) is 36.4 Å². The van der Waals surface area contributed by atoms with E-state index in [9.17, 15) is 4.79 Å². The molecule has 1 unspecified atom stereocenters. The Kier molecular flexibility index (Phi) is 5.12. The molecule has 1 aliphatic heterocycles. The maximum Gasteiger partial charge on any atom is 0.251 e. The number of nitrogens with one attached hydrogen (secondary N) is 1. The molecule has 132 valence electrons. The molecule has 0 aromatic heterocycles. The van der Waals surface area contributed by atoms with Crippen molar-refractivity contribution in [1.82, 2.24) is 5.32 Å². The lowest BCUT2D eigenvalue weighted by atomic mass is 10.0. The summed E-state index contributed by atoms with van der Waals surface area (Å²) >= 11 is 0. The Hall–Kier alpha value is -2.69. The largest absolute Gasteiger partial charge is 0.496 e. The lowest BCUT2D eigenvalue weighted by Gasteiger charge is -2.21. The number of carbonyl (C=O) groups is 1. The second kappa shape index (κ2) is 7.47. The van der Waals surface area contributed by atoms with Gasteiger partial charge in [-0.1, -0.05) is 19.1 Å². The normalized spacial score (nSPS) is 13.9. The van der Waals surface area contributed by atoms with Crippen molar-refractivity contribution in [2.75, 3.05) is 20.3 Å². The number of rotatable bonds is 5. The van der Waals surface area contributed by atoms with Gasteiger partial charge in [0.2, 0.25) is 0 Å². The summed E-state index contributed by atoms with van der Waals surface area (Å²) < 4.78 is 16.4. The first-order valence-electron chi connectivity index (χ1n) is 8.47. The second-order valence-corrected chi connectivity index (χ2v) is 6.02. The Bertz CT molecular complexity index is 772. The van der Waals surface area contributed by atoms with Gasteiger partial charge >= 0.3 is 0 Å². The number of fused-ring (bicyclic) bond motifs is 1. The number of benzene rings is 2. The van der Waals surface area contributed by atoms with E-state index in [1.807, 2.05) is 26.0 Å². The molecule has 5 heteroatoms. The summed E-state index contributed by atoms with van der Waals surface area (Å²) in [5, 5.41) is 3.09. The van der Waals surface area contributed by atoms with Crippen molar-refractivity contribution in [1.29, 1.82) is 0 Å². The molecular weight excluding hydrogens is 318 g/mol. The lowest BCUT2D eigenvalue weighted by Crippen LogP contribution is -2.28. The van der Waals surface area contributed by atoms with E-state index >= 15 is 0 Å². The summed E-state index contributed by atoms with van der Waals surface area (Å²) in [5.41, 5.74) is 2.67. The standard InChI is InChI=1S/C20H23NO4/c1-4-16(14-5-7-17(23-3)13(2)11-14)21-20(22)15-6-8-18-19(12-15)25-10-9-24-18/h5-8,11-12,16H,4,9-10H2,1-3H3,(H,21,22). The van der Waals surface area contributed by atoms with Crippen LogP contribution in [0.3, 0.4) is 0 Å². The molecule has 0 spiro atoms. The first-order valence-corrected chi connectivity index (χ1v) is 8.47. The van der Waals surface area contributed by atoms with Crippen molar-refractivity contribution in [3.63, 3.8) is 0 Å². The minimum atomic E-state index is -0.128. The molecule has 3 rings (SSSR count). The van der Waals surface area contributed by atoms with Gasteiger partial charge in [-0.25, -0.2) is 0 Å².